The molecule has 0 aliphatic heterocycles. The lowest BCUT2D eigenvalue weighted by atomic mass is 10.0. The minimum atomic E-state index is -3.33. The van der Waals surface area contributed by atoms with E-state index in [4.69, 9.17) is 4.52 Å². The molecule has 5 heteroatoms. The van der Waals surface area contributed by atoms with Crippen LogP contribution in [-0.4, -0.2) is 10.9 Å². The molecule has 0 spiro atoms. The molecule has 0 heterocycles. The first kappa shape index (κ1) is 19.7. The second-order valence-electron chi connectivity index (χ2n) is 6.65. The lowest BCUT2D eigenvalue weighted by Gasteiger charge is -2.20. The van der Waals surface area contributed by atoms with E-state index in [0.29, 0.717) is 22.1 Å². The third-order valence-corrected chi connectivity index (χ3v) is 7.13. The zero-order valence-corrected chi connectivity index (χ0v) is 17.0. The molecule has 0 fully saturated rings. The van der Waals surface area contributed by atoms with Crippen LogP contribution in [0.1, 0.15) is 11.1 Å². The van der Waals surface area contributed by atoms with Gasteiger partial charge in [0.2, 0.25) is 0 Å². The van der Waals surface area contributed by atoms with Crippen LogP contribution in [0, 0.1) is 0 Å². The summed E-state index contributed by atoms with van der Waals surface area (Å²) in [5.74, 6) is 0.472. The van der Waals surface area contributed by atoms with Crippen LogP contribution >= 0.6 is 7.37 Å². The van der Waals surface area contributed by atoms with E-state index >= 15 is 0 Å². The van der Waals surface area contributed by atoms with Crippen molar-refractivity contribution in [2.45, 2.75) is 0 Å². The monoisotopic (exact) mass is 413 g/mol. The smallest absolute Gasteiger partial charge is 0.306 e. The van der Waals surface area contributed by atoms with E-state index in [0.717, 1.165) is 11.1 Å². The topological polar surface area (TPSA) is 58.9 Å². The average Bonchev–Trinajstić information content (AvgIpc) is 2.82. The van der Waals surface area contributed by atoms with Crippen molar-refractivity contribution < 1.29 is 14.3 Å². The minimum absolute atomic E-state index is 0.455. The van der Waals surface area contributed by atoms with E-state index in [1.54, 1.807) is 24.3 Å². The fraction of sp³-hybridized carbons (Fsp3) is 0. The van der Waals surface area contributed by atoms with Crippen molar-refractivity contribution in [3.63, 3.8) is 0 Å². The molecule has 0 saturated heterocycles. The molecule has 0 bridgehead atoms. The summed E-state index contributed by atoms with van der Waals surface area (Å²) in [6.07, 6.45) is 0. The fourth-order valence-electron chi connectivity index (χ4n) is 3.20. The van der Waals surface area contributed by atoms with E-state index in [-0.39, 0.29) is 0 Å². The van der Waals surface area contributed by atoms with Crippen molar-refractivity contribution in [2.75, 3.05) is 0 Å². The highest BCUT2D eigenvalue weighted by Gasteiger charge is 2.30. The molecule has 148 valence electrons. The van der Waals surface area contributed by atoms with Gasteiger partial charge in [-0.25, -0.2) is 0 Å². The Hall–Kier alpha value is -3.62. The van der Waals surface area contributed by atoms with E-state index < -0.39 is 7.37 Å². The third kappa shape index (κ3) is 4.05. The van der Waals surface area contributed by atoms with Gasteiger partial charge in [-0.3, -0.25) is 4.57 Å². The normalized spacial score (nSPS) is 11.8. The van der Waals surface area contributed by atoms with Gasteiger partial charge in [0, 0.05) is 11.1 Å². The summed E-state index contributed by atoms with van der Waals surface area (Å²) in [5, 5.41) is 14.2. The summed E-state index contributed by atoms with van der Waals surface area (Å²) >= 11 is 0. The van der Waals surface area contributed by atoms with Crippen LogP contribution in [0.3, 0.4) is 0 Å². The Morgan fingerprint density at radius 3 is 1.53 bits per heavy atom. The predicted molar refractivity (Wildman–Crippen MR) is 121 cm³/mol. The molecular weight excluding hydrogens is 393 g/mol. The zero-order chi connectivity index (χ0) is 20.8. The molecule has 0 aliphatic carbocycles. The summed E-state index contributed by atoms with van der Waals surface area (Å²) < 4.78 is 20.1. The summed E-state index contributed by atoms with van der Waals surface area (Å²) in [7, 11) is -3.33. The molecule has 0 aliphatic rings. The Bertz CT molecular complexity index is 1130. The predicted octanol–water partition coefficient (Wildman–Crippen LogP) is 5.22. The minimum Gasteiger partial charge on any atom is -0.437 e. The van der Waals surface area contributed by atoms with Crippen LogP contribution in [0.2, 0.25) is 0 Å². The molecule has 4 nitrogen and oxygen atoms in total. The highest BCUT2D eigenvalue weighted by atomic mass is 31.2. The average molecular weight is 413 g/mol. The molecule has 0 atom stereocenters. The molecule has 0 amide bonds. The molecule has 0 aromatic heterocycles. The molecule has 4 aromatic rings. The van der Waals surface area contributed by atoms with E-state index in [2.05, 4.69) is 5.16 Å². The van der Waals surface area contributed by atoms with Crippen molar-refractivity contribution in [1.82, 2.24) is 0 Å². The Balaban J connectivity index is 1.67. The van der Waals surface area contributed by atoms with Crippen molar-refractivity contribution in [2.24, 2.45) is 5.16 Å². The van der Waals surface area contributed by atoms with E-state index in [9.17, 15) is 9.77 Å². The fourth-order valence-corrected chi connectivity index (χ4v) is 5.26. The van der Waals surface area contributed by atoms with Crippen molar-refractivity contribution in [1.29, 1.82) is 0 Å². The molecule has 30 heavy (non-hydrogen) atoms. The summed E-state index contributed by atoms with van der Waals surface area (Å²) in [5.41, 5.74) is 1.98. The number of nitrogens with zero attached hydrogens (tertiary/aromatic N) is 1. The highest BCUT2D eigenvalue weighted by Crippen LogP contribution is 2.45. The highest BCUT2D eigenvalue weighted by molar-refractivity contribution is 7.74. The summed E-state index contributed by atoms with van der Waals surface area (Å²) in [4.78, 5) is 0. The lowest BCUT2D eigenvalue weighted by Crippen LogP contribution is -2.20. The maximum Gasteiger partial charge on any atom is 0.306 e. The van der Waals surface area contributed by atoms with Crippen LogP contribution in [0.5, 0.6) is 5.75 Å². The van der Waals surface area contributed by atoms with Crippen molar-refractivity contribution >= 4 is 23.7 Å². The number of hydrogen-bond donors (Lipinski definition) is 1. The van der Waals surface area contributed by atoms with Crippen LogP contribution in [0.4, 0.5) is 0 Å². The van der Waals surface area contributed by atoms with Gasteiger partial charge in [0.05, 0.1) is 10.6 Å². The zero-order valence-electron chi connectivity index (χ0n) is 16.1. The molecule has 4 aromatic carbocycles. The standard InChI is InChI=1S/C25H20NO3P/c27-26-25(20-10-4-1-5-11-20)21-16-18-22(19-17-21)29-30(28,23-12-6-2-7-13-23)24-14-8-3-9-15-24/h1-19,27H. The molecular formula is C25H20NO3P. The summed E-state index contributed by atoms with van der Waals surface area (Å²) in [6.45, 7) is 0. The first-order valence-electron chi connectivity index (χ1n) is 9.49. The quantitative estimate of drug-likeness (QED) is 0.204. The van der Waals surface area contributed by atoms with Gasteiger partial charge in [-0.05, 0) is 48.5 Å². The molecule has 0 unspecified atom stereocenters. The maximum atomic E-state index is 14.0. The van der Waals surface area contributed by atoms with Gasteiger partial charge in [-0.2, -0.15) is 0 Å². The Kier molecular flexibility index (Phi) is 5.78. The molecule has 0 radical (unpaired) electrons. The third-order valence-electron chi connectivity index (χ3n) is 4.70. The van der Waals surface area contributed by atoms with Crippen molar-refractivity contribution in [3.05, 3.63) is 126 Å². The van der Waals surface area contributed by atoms with Crippen LogP contribution in [-0.2, 0) is 4.57 Å². The SMILES string of the molecule is O=P(Oc1ccc(C(=NO)c2ccccc2)cc1)(c1ccccc1)c1ccccc1. The Morgan fingerprint density at radius 2 is 1.07 bits per heavy atom. The van der Waals surface area contributed by atoms with Gasteiger partial charge in [0.1, 0.15) is 11.5 Å². The van der Waals surface area contributed by atoms with Crippen LogP contribution in [0.15, 0.2) is 120 Å². The van der Waals surface area contributed by atoms with Gasteiger partial charge >= 0.3 is 7.37 Å². The number of benzene rings is 4. The van der Waals surface area contributed by atoms with E-state index in [1.165, 1.54) is 0 Å². The first-order valence-corrected chi connectivity index (χ1v) is 11.1. The number of oxime groups is 1. The second kappa shape index (κ2) is 8.81. The van der Waals surface area contributed by atoms with Gasteiger partial charge in [-0.1, -0.05) is 71.9 Å². The molecule has 1 N–H and O–H groups in total. The number of hydrogen-bond acceptors (Lipinski definition) is 4. The van der Waals surface area contributed by atoms with Crippen LogP contribution in [0.25, 0.3) is 0 Å². The second-order valence-corrected chi connectivity index (χ2v) is 8.97. The summed E-state index contributed by atoms with van der Waals surface area (Å²) in [6, 6.07) is 34.9. The molecule has 0 saturated carbocycles. The Labute approximate surface area is 175 Å². The van der Waals surface area contributed by atoms with Gasteiger partial charge in [0.25, 0.3) is 0 Å². The Morgan fingerprint density at radius 1 is 0.633 bits per heavy atom. The van der Waals surface area contributed by atoms with Crippen molar-refractivity contribution in [3.8, 4) is 5.75 Å². The molecule has 4 rings (SSSR count). The lowest BCUT2D eigenvalue weighted by molar-refractivity contribution is 0.319. The first-order chi connectivity index (χ1) is 14.7. The van der Waals surface area contributed by atoms with Gasteiger partial charge in [-0.15, -0.1) is 0 Å². The van der Waals surface area contributed by atoms with Gasteiger partial charge < -0.3 is 9.73 Å². The number of rotatable bonds is 6. The maximum absolute atomic E-state index is 14.0. The van der Waals surface area contributed by atoms with Gasteiger partial charge in [0.15, 0.2) is 0 Å². The largest absolute Gasteiger partial charge is 0.437 e. The van der Waals surface area contributed by atoms with Crippen LogP contribution < -0.4 is 15.1 Å². The van der Waals surface area contributed by atoms with E-state index in [1.807, 2.05) is 91.0 Å².